The zero-order valence-corrected chi connectivity index (χ0v) is 9.71. The molecular formula is C14H10O5. The van der Waals surface area contributed by atoms with Gasteiger partial charge in [0, 0.05) is 12.1 Å². The van der Waals surface area contributed by atoms with Crippen LogP contribution in [0, 0.1) is 0 Å². The van der Waals surface area contributed by atoms with Gasteiger partial charge < -0.3 is 20.4 Å². The van der Waals surface area contributed by atoms with E-state index < -0.39 is 5.78 Å². The summed E-state index contributed by atoms with van der Waals surface area (Å²) in [5.41, 5.74) is 1.07. The van der Waals surface area contributed by atoms with Crippen molar-refractivity contribution in [3.63, 3.8) is 0 Å². The summed E-state index contributed by atoms with van der Waals surface area (Å²) in [5.74, 6) is -1.45. The van der Waals surface area contributed by atoms with Crippen molar-refractivity contribution in [1.82, 2.24) is 0 Å². The summed E-state index contributed by atoms with van der Waals surface area (Å²) >= 11 is 0. The van der Waals surface area contributed by atoms with E-state index in [1.165, 1.54) is 12.1 Å². The Kier molecular flexibility index (Phi) is 2.19. The fourth-order valence-corrected chi connectivity index (χ4v) is 2.47. The molecule has 0 spiro atoms. The number of benzene rings is 2. The molecule has 96 valence electrons. The van der Waals surface area contributed by atoms with Crippen molar-refractivity contribution in [2.45, 2.75) is 6.42 Å². The van der Waals surface area contributed by atoms with Crippen LogP contribution >= 0.6 is 0 Å². The van der Waals surface area contributed by atoms with Gasteiger partial charge in [0.1, 0.15) is 23.0 Å². The summed E-state index contributed by atoms with van der Waals surface area (Å²) in [6.07, 6.45) is 0.236. The molecule has 19 heavy (non-hydrogen) atoms. The monoisotopic (exact) mass is 258 g/mol. The first-order valence-electron chi connectivity index (χ1n) is 5.62. The van der Waals surface area contributed by atoms with Crippen molar-refractivity contribution in [1.29, 1.82) is 0 Å². The minimum atomic E-state index is -0.522. The highest BCUT2D eigenvalue weighted by atomic mass is 16.3. The maximum atomic E-state index is 12.3. The number of phenolic OH excluding ortho intramolecular Hbond substituents is 4. The van der Waals surface area contributed by atoms with E-state index in [4.69, 9.17) is 0 Å². The number of carbonyl (C=O) groups excluding carboxylic acids is 1. The number of carbonyl (C=O) groups is 1. The fraction of sp³-hybridized carbons (Fsp3) is 0.0714. The van der Waals surface area contributed by atoms with E-state index in [1.807, 2.05) is 0 Å². The highest BCUT2D eigenvalue weighted by Gasteiger charge is 2.29. The van der Waals surface area contributed by atoms with Gasteiger partial charge in [0.15, 0.2) is 0 Å². The third-order valence-electron chi connectivity index (χ3n) is 3.20. The number of ketones is 1. The maximum Gasteiger partial charge on any atom is 0.201 e. The summed E-state index contributed by atoms with van der Waals surface area (Å²) in [4.78, 5) is 12.3. The molecule has 5 nitrogen and oxygen atoms in total. The molecule has 2 aromatic carbocycles. The van der Waals surface area contributed by atoms with Gasteiger partial charge >= 0.3 is 0 Å². The van der Waals surface area contributed by atoms with Crippen LogP contribution in [0.15, 0.2) is 24.3 Å². The van der Waals surface area contributed by atoms with Gasteiger partial charge in [-0.15, -0.1) is 0 Å². The number of rotatable bonds is 0. The molecule has 0 saturated heterocycles. The minimum absolute atomic E-state index is 0.0753. The molecular weight excluding hydrogens is 248 g/mol. The molecule has 4 N–H and O–H groups in total. The van der Waals surface area contributed by atoms with E-state index in [2.05, 4.69) is 0 Å². The molecule has 0 bridgehead atoms. The van der Waals surface area contributed by atoms with Gasteiger partial charge in [0.05, 0.1) is 11.1 Å². The summed E-state index contributed by atoms with van der Waals surface area (Å²) in [6.45, 7) is 0. The molecule has 5 heteroatoms. The third-order valence-corrected chi connectivity index (χ3v) is 3.20. The number of phenols is 4. The van der Waals surface area contributed by atoms with Crippen LogP contribution in [0.2, 0.25) is 0 Å². The molecule has 0 amide bonds. The van der Waals surface area contributed by atoms with Crippen molar-refractivity contribution in [3.05, 3.63) is 46.5 Å². The van der Waals surface area contributed by atoms with Crippen molar-refractivity contribution in [2.75, 3.05) is 0 Å². The number of aromatic hydroxyl groups is 4. The highest BCUT2D eigenvalue weighted by Crippen LogP contribution is 2.39. The smallest absolute Gasteiger partial charge is 0.201 e. The summed E-state index contributed by atoms with van der Waals surface area (Å²) in [7, 11) is 0. The predicted molar refractivity (Wildman–Crippen MR) is 65.8 cm³/mol. The molecule has 0 heterocycles. The van der Waals surface area contributed by atoms with Crippen LogP contribution in [-0.2, 0) is 6.42 Å². The highest BCUT2D eigenvalue weighted by molar-refractivity contribution is 6.15. The first-order valence-corrected chi connectivity index (χ1v) is 5.62. The largest absolute Gasteiger partial charge is 0.508 e. The standard InChI is InChI=1S/C14H10O5/c15-8-2-6-1-7-3-9(16)5-11(18)13(7)14(19)12(6)10(17)4-8/h2-5,15-18H,1H2. The first-order chi connectivity index (χ1) is 8.97. The van der Waals surface area contributed by atoms with Gasteiger partial charge in [-0.05, 0) is 29.7 Å². The SMILES string of the molecule is O=C1c2c(O)cc(O)cc2Cc2cc(O)cc(O)c21. The van der Waals surface area contributed by atoms with Crippen LogP contribution in [0.3, 0.4) is 0 Å². The first kappa shape index (κ1) is 11.4. The Bertz CT molecular complexity index is 659. The Labute approximate surface area is 108 Å². The molecule has 2 aromatic rings. The van der Waals surface area contributed by atoms with E-state index in [9.17, 15) is 25.2 Å². The average Bonchev–Trinajstić information content (AvgIpc) is 2.25. The predicted octanol–water partition coefficient (Wildman–Crippen LogP) is 1.64. The lowest BCUT2D eigenvalue weighted by Crippen LogP contribution is -2.15. The Morgan fingerprint density at radius 2 is 1.16 bits per heavy atom. The summed E-state index contributed by atoms with van der Waals surface area (Å²) in [5, 5.41) is 38.4. The van der Waals surface area contributed by atoms with E-state index >= 15 is 0 Å². The van der Waals surface area contributed by atoms with Crippen molar-refractivity contribution in [2.24, 2.45) is 0 Å². The molecule has 0 unspecified atom stereocenters. The van der Waals surface area contributed by atoms with Crippen LogP contribution in [0.1, 0.15) is 27.0 Å². The number of fused-ring (bicyclic) bond motifs is 2. The van der Waals surface area contributed by atoms with E-state index in [1.54, 1.807) is 0 Å². The van der Waals surface area contributed by atoms with Gasteiger partial charge in [-0.25, -0.2) is 0 Å². The third kappa shape index (κ3) is 1.59. The van der Waals surface area contributed by atoms with E-state index in [-0.39, 0.29) is 40.5 Å². The molecule has 0 aromatic heterocycles. The Balaban J connectivity index is 2.29. The van der Waals surface area contributed by atoms with Gasteiger partial charge in [-0.2, -0.15) is 0 Å². The number of hydrogen-bond acceptors (Lipinski definition) is 5. The molecule has 0 saturated carbocycles. The normalized spacial score (nSPS) is 12.9. The van der Waals surface area contributed by atoms with Crippen LogP contribution in [0.25, 0.3) is 0 Å². The lowest BCUT2D eigenvalue weighted by molar-refractivity contribution is 0.102. The van der Waals surface area contributed by atoms with Gasteiger partial charge in [0.2, 0.25) is 5.78 Å². The Morgan fingerprint density at radius 3 is 1.58 bits per heavy atom. The van der Waals surface area contributed by atoms with Gasteiger partial charge in [-0.1, -0.05) is 0 Å². The van der Waals surface area contributed by atoms with Crippen LogP contribution in [-0.4, -0.2) is 26.2 Å². The topological polar surface area (TPSA) is 98.0 Å². The molecule has 0 aliphatic heterocycles. The van der Waals surface area contributed by atoms with Crippen molar-refractivity contribution >= 4 is 5.78 Å². The molecule has 0 atom stereocenters. The maximum absolute atomic E-state index is 12.3. The lowest BCUT2D eigenvalue weighted by atomic mass is 9.84. The quantitative estimate of drug-likeness (QED) is 0.491. The minimum Gasteiger partial charge on any atom is -0.508 e. The molecule has 0 radical (unpaired) electrons. The zero-order valence-electron chi connectivity index (χ0n) is 9.71. The molecule has 0 fully saturated rings. The second-order valence-electron chi connectivity index (χ2n) is 4.50. The van der Waals surface area contributed by atoms with Crippen molar-refractivity contribution < 1.29 is 25.2 Å². The molecule has 3 rings (SSSR count). The lowest BCUT2D eigenvalue weighted by Gasteiger charge is -2.20. The van der Waals surface area contributed by atoms with E-state index in [0.717, 1.165) is 12.1 Å². The van der Waals surface area contributed by atoms with Crippen molar-refractivity contribution in [3.8, 4) is 23.0 Å². The van der Waals surface area contributed by atoms with Crippen LogP contribution < -0.4 is 0 Å². The van der Waals surface area contributed by atoms with Gasteiger partial charge in [0.25, 0.3) is 0 Å². The zero-order chi connectivity index (χ0) is 13.7. The Morgan fingerprint density at radius 1 is 0.737 bits per heavy atom. The van der Waals surface area contributed by atoms with E-state index in [0.29, 0.717) is 11.1 Å². The molecule has 1 aliphatic rings. The summed E-state index contributed by atoms with van der Waals surface area (Å²) in [6, 6.07) is 4.94. The second-order valence-corrected chi connectivity index (χ2v) is 4.50. The Hall–Kier alpha value is -2.69. The van der Waals surface area contributed by atoms with Crippen LogP contribution in [0.4, 0.5) is 0 Å². The molecule has 1 aliphatic carbocycles. The fourth-order valence-electron chi connectivity index (χ4n) is 2.47. The second kappa shape index (κ2) is 3.65. The van der Waals surface area contributed by atoms with Crippen LogP contribution in [0.5, 0.6) is 23.0 Å². The number of hydrogen-bond donors (Lipinski definition) is 4. The summed E-state index contributed by atoms with van der Waals surface area (Å²) < 4.78 is 0. The average molecular weight is 258 g/mol. The van der Waals surface area contributed by atoms with Gasteiger partial charge in [-0.3, -0.25) is 4.79 Å².